The first-order chi connectivity index (χ1) is 8.77. The Morgan fingerprint density at radius 3 is 2.61 bits per heavy atom. The molecular formula is C14H19NO2S. The Kier molecular flexibility index (Phi) is 3.61. The highest BCUT2D eigenvalue weighted by atomic mass is 32.2. The Bertz CT molecular complexity index is 392. The number of hydrogen-bond acceptors (Lipinski definition) is 4. The molecule has 98 valence electrons. The molecule has 1 aromatic carbocycles. The van der Waals surface area contributed by atoms with E-state index in [2.05, 4.69) is 24.3 Å². The molecule has 1 saturated carbocycles. The van der Waals surface area contributed by atoms with Crippen LogP contribution in [0.25, 0.3) is 0 Å². The van der Waals surface area contributed by atoms with Crippen LogP contribution in [0.5, 0.6) is 0 Å². The summed E-state index contributed by atoms with van der Waals surface area (Å²) in [5, 5.41) is 0.374. The van der Waals surface area contributed by atoms with Crippen molar-refractivity contribution in [2.45, 2.75) is 41.2 Å². The van der Waals surface area contributed by atoms with Gasteiger partial charge in [-0.1, -0.05) is 18.2 Å². The van der Waals surface area contributed by atoms with Crippen molar-refractivity contribution in [3.05, 3.63) is 30.3 Å². The average molecular weight is 265 g/mol. The van der Waals surface area contributed by atoms with Gasteiger partial charge in [0.15, 0.2) is 5.79 Å². The Balaban J connectivity index is 1.70. The predicted octanol–water partition coefficient (Wildman–Crippen LogP) is 2.40. The molecule has 2 N–H and O–H groups in total. The molecule has 18 heavy (non-hydrogen) atoms. The van der Waals surface area contributed by atoms with E-state index >= 15 is 0 Å². The van der Waals surface area contributed by atoms with E-state index in [1.54, 1.807) is 0 Å². The van der Waals surface area contributed by atoms with Gasteiger partial charge < -0.3 is 15.2 Å². The van der Waals surface area contributed by atoms with Crippen LogP contribution in [-0.2, 0) is 9.47 Å². The van der Waals surface area contributed by atoms with Crippen molar-refractivity contribution in [2.24, 2.45) is 5.73 Å². The van der Waals surface area contributed by atoms with E-state index in [1.165, 1.54) is 4.90 Å². The molecule has 4 heteroatoms. The van der Waals surface area contributed by atoms with E-state index < -0.39 is 0 Å². The molecule has 3 nitrogen and oxygen atoms in total. The lowest BCUT2D eigenvalue weighted by atomic mass is 9.90. The third-order valence-corrected chi connectivity index (χ3v) is 5.06. The minimum absolute atomic E-state index is 0.230. The van der Waals surface area contributed by atoms with Crippen molar-refractivity contribution in [1.82, 2.24) is 0 Å². The molecular weight excluding hydrogens is 246 g/mol. The zero-order valence-corrected chi connectivity index (χ0v) is 11.2. The SMILES string of the molecule is NC1CCC2(CC1Sc1ccccc1)OCCO2. The largest absolute Gasteiger partial charge is 0.347 e. The summed E-state index contributed by atoms with van der Waals surface area (Å²) >= 11 is 1.85. The molecule has 1 aliphatic carbocycles. The Hall–Kier alpha value is -0.550. The van der Waals surface area contributed by atoms with Crippen molar-refractivity contribution in [3.63, 3.8) is 0 Å². The van der Waals surface area contributed by atoms with Crippen LogP contribution >= 0.6 is 11.8 Å². The number of rotatable bonds is 2. The van der Waals surface area contributed by atoms with Crippen molar-refractivity contribution in [2.75, 3.05) is 13.2 Å². The van der Waals surface area contributed by atoms with Gasteiger partial charge in [0.1, 0.15) is 0 Å². The standard InChI is InChI=1S/C14H19NO2S/c15-12-6-7-14(16-8-9-17-14)10-13(12)18-11-4-2-1-3-5-11/h1-5,12-13H,6-10,15H2. The predicted molar refractivity (Wildman–Crippen MR) is 72.5 cm³/mol. The van der Waals surface area contributed by atoms with Crippen LogP contribution in [0, 0.1) is 0 Å². The number of ether oxygens (including phenoxy) is 2. The summed E-state index contributed by atoms with van der Waals surface area (Å²) in [6.07, 6.45) is 2.80. The smallest absolute Gasteiger partial charge is 0.169 e. The Morgan fingerprint density at radius 1 is 1.17 bits per heavy atom. The van der Waals surface area contributed by atoms with Crippen molar-refractivity contribution in [1.29, 1.82) is 0 Å². The van der Waals surface area contributed by atoms with Crippen LogP contribution in [0.15, 0.2) is 35.2 Å². The lowest BCUT2D eigenvalue weighted by Gasteiger charge is -2.39. The number of benzene rings is 1. The summed E-state index contributed by atoms with van der Waals surface area (Å²) in [6.45, 7) is 1.44. The van der Waals surface area contributed by atoms with Crippen LogP contribution in [0.3, 0.4) is 0 Å². The normalized spacial score (nSPS) is 30.7. The summed E-state index contributed by atoms with van der Waals surface area (Å²) in [7, 11) is 0. The maximum absolute atomic E-state index is 6.25. The first-order valence-corrected chi connectivity index (χ1v) is 7.41. The second-order valence-corrected chi connectivity index (χ2v) is 6.30. The molecule has 1 aromatic rings. The Morgan fingerprint density at radius 2 is 1.89 bits per heavy atom. The molecule has 0 amide bonds. The maximum Gasteiger partial charge on any atom is 0.169 e. The first kappa shape index (κ1) is 12.5. The molecule has 2 aliphatic rings. The second kappa shape index (κ2) is 5.21. The average Bonchev–Trinajstić information content (AvgIpc) is 2.84. The van der Waals surface area contributed by atoms with E-state index in [9.17, 15) is 0 Å². The monoisotopic (exact) mass is 265 g/mol. The minimum atomic E-state index is -0.345. The minimum Gasteiger partial charge on any atom is -0.347 e. The number of thioether (sulfide) groups is 1. The highest BCUT2D eigenvalue weighted by molar-refractivity contribution is 8.00. The van der Waals surface area contributed by atoms with E-state index in [1.807, 2.05) is 17.8 Å². The molecule has 1 heterocycles. The number of hydrogen-bond donors (Lipinski definition) is 1. The third-order valence-electron chi connectivity index (χ3n) is 3.69. The fourth-order valence-corrected chi connectivity index (χ4v) is 4.01. The fourth-order valence-electron chi connectivity index (χ4n) is 2.69. The second-order valence-electron chi connectivity index (χ2n) is 4.98. The summed E-state index contributed by atoms with van der Waals surface area (Å²) in [5.41, 5.74) is 6.25. The zero-order chi connectivity index (χ0) is 12.4. The van der Waals surface area contributed by atoms with E-state index in [-0.39, 0.29) is 11.8 Å². The van der Waals surface area contributed by atoms with Crippen LogP contribution in [0.2, 0.25) is 0 Å². The molecule has 0 aromatic heterocycles. The van der Waals surface area contributed by atoms with Gasteiger partial charge in [-0.3, -0.25) is 0 Å². The van der Waals surface area contributed by atoms with Gasteiger partial charge in [-0.15, -0.1) is 11.8 Å². The van der Waals surface area contributed by atoms with Gasteiger partial charge in [0.25, 0.3) is 0 Å². The highest BCUT2D eigenvalue weighted by Gasteiger charge is 2.44. The molecule has 2 fully saturated rings. The topological polar surface area (TPSA) is 44.5 Å². The lowest BCUT2D eigenvalue weighted by molar-refractivity contribution is -0.176. The molecule has 3 rings (SSSR count). The maximum atomic E-state index is 6.25. The fraction of sp³-hybridized carbons (Fsp3) is 0.571. The zero-order valence-electron chi connectivity index (χ0n) is 10.4. The summed E-state index contributed by atoms with van der Waals surface area (Å²) in [5.74, 6) is -0.345. The Labute approximate surface area is 112 Å². The van der Waals surface area contributed by atoms with Gasteiger partial charge in [-0.2, -0.15) is 0 Å². The molecule has 1 spiro atoms. The van der Waals surface area contributed by atoms with E-state index in [4.69, 9.17) is 15.2 Å². The third kappa shape index (κ3) is 2.57. The molecule has 1 saturated heterocycles. The first-order valence-electron chi connectivity index (χ1n) is 6.53. The quantitative estimate of drug-likeness (QED) is 0.892. The van der Waals surface area contributed by atoms with Gasteiger partial charge in [-0.25, -0.2) is 0 Å². The molecule has 1 aliphatic heterocycles. The summed E-state index contributed by atoms with van der Waals surface area (Å²) in [6, 6.07) is 10.7. The van der Waals surface area contributed by atoms with Crippen LogP contribution < -0.4 is 5.73 Å². The van der Waals surface area contributed by atoms with Crippen LogP contribution in [0.4, 0.5) is 0 Å². The van der Waals surface area contributed by atoms with Gasteiger partial charge in [0.2, 0.25) is 0 Å². The molecule has 2 atom stereocenters. The van der Waals surface area contributed by atoms with E-state index in [0.29, 0.717) is 5.25 Å². The van der Waals surface area contributed by atoms with Gasteiger partial charge in [0.05, 0.1) is 13.2 Å². The van der Waals surface area contributed by atoms with Crippen molar-refractivity contribution < 1.29 is 9.47 Å². The van der Waals surface area contributed by atoms with Crippen LogP contribution in [-0.4, -0.2) is 30.3 Å². The van der Waals surface area contributed by atoms with Gasteiger partial charge in [-0.05, 0) is 18.6 Å². The summed E-state index contributed by atoms with van der Waals surface area (Å²) < 4.78 is 11.6. The molecule has 0 radical (unpaired) electrons. The van der Waals surface area contributed by atoms with Gasteiger partial charge >= 0.3 is 0 Å². The lowest BCUT2D eigenvalue weighted by Crippen LogP contribution is -2.47. The number of nitrogens with two attached hydrogens (primary N) is 1. The summed E-state index contributed by atoms with van der Waals surface area (Å²) in [4.78, 5) is 1.27. The molecule has 0 bridgehead atoms. The highest BCUT2D eigenvalue weighted by Crippen LogP contribution is 2.41. The van der Waals surface area contributed by atoms with E-state index in [0.717, 1.165) is 32.5 Å². The van der Waals surface area contributed by atoms with Crippen LogP contribution in [0.1, 0.15) is 19.3 Å². The van der Waals surface area contributed by atoms with Gasteiger partial charge in [0, 0.05) is 29.0 Å². The van der Waals surface area contributed by atoms with Crippen molar-refractivity contribution in [3.8, 4) is 0 Å². The van der Waals surface area contributed by atoms with Crippen molar-refractivity contribution >= 4 is 11.8 Å². The molecule has 2 unspecified atom stereocenters.